The van der Waals surface area contributed by atoms with E-state index in [-0.39, 0.29) is 6.61 Å². The van der Waals surface area contributed by atoms with E-state index >= 15 is 0 Å². The molecule has 2 fully saturated rings. The van der Waals surface area contributed by atoms with Crippen LogP contribution in [0.2, 0.25) is 0 Å². The number of carbonyl (C=O) groups excluding carboxylic acids is 1. The Balaban J connectivity index is 1.40. The molecule has 1 amide bonds. The van der Waals surface area contributed by atoms with Crippen LogP contribution in [0.1, 0.15) is 30.5 Å². The van der Waals surface area contributed by atoms with Crippen LogP contribution in [0, 0.1) is 0 Å². The van der Waals surface area contributed by atoms with Crippen LogP contribution in [0.25, 0.3) is 0 Å². The van der Waals surface area contributed by atoms with Gasteiger partial charge in [0.05, 0.1) is 12.6 Å². The largest absolute Gasteiger partial charge is 0.445 e. The van der Waals surface area contributed by atoms with Crippen LogP contribution in [0.3, 0.4) is 0 Å². The topological polar surface area (TPSA) is 66.5 Å². The average molecular weight is 530 g/mol. The number of hydrogen-bond donors (Lipinski definition) is 0. The van der Waals surface area contributed by atoms with E-state index in [1.807, 2.05) is 105 Å². The van der Waals surface area contributed by atoms with Crippen LogP contribution < -0.4 is 0 Å². The number of amides is 1. The van der Waals surface area contributed by atoms with Gasteiger partial charge in [0.15, 0.2) is 12.1 Å². The fourth-order valence-electron chi connectivity index (χ4n) is 5.05. The first-order valence-electron chi connectivity index (χ1n) is 13.2. The fraction of sp³-hybridized carbons (Fsp3) is 0.344. The van der Waals surface area contributed by atoms with Crippen molar-refractivity contribution in [3.05, 3.63) is 120 Å². The molecule has 2 heterocycles. The standard InChI is InChI=1S/C32H35NO6/c1-4-26(33(20-23-14-8-5-9-15-23)31(34)36-22-25-18-12-7-13-19-25)27-28(35-21-24-16-10-6-11-17-24)29-30(37-27)39-32(2,3)38-29/h4-19,26-30H,1,20-22H2,2-3H3/t26-,27-,28+,29-,30-/m1/s1. The Hall–Kier alpha value is -3.49. The predicted molar refractivity (Wildman–Crippen MR) is 146 cm³/mol. The summed E-state index contributed by atoms with van der Waals surface area (Å²) in [4.78, 5) is 15.3. The number of fused-ring (bicyclic) bond motifs is 1. The van der Waals surface area contributed by atoms with Crippen LogP contribution >= 0.6 is 0 Å². The molecule has 204 valence electrons. The molecule has 3 aromatic carbocycles. The minimum Gasteiger partial charge on any atom is -0.445 e. The molecule has 39 heavy (non-hydrogen) atoms. The SMILES string of the molecule is C=C[C@H]([C@H]1O[C@@H]2OC(C)(C)O[C@@H]2[C@H]1OCc1ccccc1)N(Cc1ccccc1)C(=O)OCc1ccccc1. The third-order valence-corrected chi connectivity index (χ3v) is 6.89. The highest BCUT2D eigenvalue weighted by molar-refractivity contribution is 5.68. The van der Waals surface area contributed by atoms with Gasteiger partial charge in [-0.05, 0) is 30.5 Å². The summed E-state index contributed by atoms with van der Waals surface area (Å²) in [7, 11) is 0. The number of nitrogens with zero attached hydrogens (tertiary/aromatic N) is 1. The molecule has 3 aromatic rings. The van der Waals surface area contributed by atoms with E-state index in [1.165, 1.54) is 0 Å². The molecule has 2 aliphatic heterocycles. The monoisotopic (exact) mass is 529 g/mol. The van der Waals surface area contributed by atoms with Crippen LogP contribution in [-0.4, -0.2) is 47.4 Å². The van der Waals surface area contributed by atoms with Crippen molar-refractivity contribution < 1.29 is 28.5 Å². The van der Waals surface area contributed by atoms with Gasteiger partial charge in [0.2, 0.25) is 0 Å². The molecule has 0 saturated carbocycles. The van der Waals surface area contributed by atoms with Gasteiger partial charge in [-0.25, -0.2) is 4.79 Å². The van der Waals surface area contributed by atoms with Crippen molar-refractivity contribution in [2.75, 3.05) is 0 Å². The molecule has 0 aliphatic carbocycles. The fourth-order valence-corrected chi connectivity index (χ4v) is 5.05. The van der Waals surface area contributed by atoms with Gasteiger partial charge in [0.25, 0.3) is 0 Å². The lowest BCUT2D eigenvalue weighted by atomic mass is 10.0. The summed E-state index contributed by atoms with van der Waals surface area (Å²) >= 11 is 0. The number of carbonyl (C=O) groups is 1. The van der Waals surface area contributed by atoms with Gasteiger partial charge in [0, 0.05) is 6.54 Å². The molecule has 7 nitrogen and oxygen atoms in total. The summed E-state index contributed by atoms with van der Waals surface area (Å²) in [6.45, 7) is 8.60. The average Bonchev–Trinajstić information content (AvgIpc) is 3.43. The highest BCUT2D eigenvalue weighted by Crippen LogP contribution is 2.41. The maximum atomic E-state index is 13.6. The van der Waals surface area contributed by atoms with Crippen LogP contribution in [0.15, 0.2) is 104 Å². The lowest BCUT2D eigenvalue weighted by Gasteiger charge is -2.36. The first kappa shape index (κ1) is 27.1. The maximum absolute atomic E-state index is 13.6. The van der Waals surface area contributed by atoms with Gasteiger partial charge in [-0.3, -0.25) is 4.90 Å². The molecular formula is C32H35NO6. The summed E-state index contributed by atoms with van der Waals surface area (Å²) in [5, 5.41) is 0. The minimum absolute atomic E-state index is 0.153. The second-order valence-corrected chi connectivity index (χ2v) is 10.2. The molecule has 2 aliphatic rings. The van der Waals surface area contributed by atoms with E-state index in [0.717, 1.165) is 16.7 Å². The molecule has 0 radical (unpaired) electrons. The van der Waals surface area contributed by atoms with Crippen LogP contribution in [0.4, 0.5) is 4.79 Å². The summed E-state index contributed by atoms with van der Waals surface area (Å²) in [5.41, 5.74) is 2.88. The van der Waals surface area contributed by atoms with Crippen molar-refractivity contribution in [3.8, 4) is 0 Å². The number of benzene rings is 3. The highest BCUT2D eigenvalue weighted by atomic mass is 16.8. The Kier molecular flexibility index (Phi) is 8.43. The summed E-state index contributed by atoms with van der Waals surface area (Å²) < 4.78 is 30.9. The minimum atomic E-state index is -0.809. The van der Waals surface area contributed by atoms with Crippen molar-refractivity contribution >= 4 is 6.09 Å². The second-order valence-electron chi connectivity index (χ2n) is 10.2. The molecule has 0 spiro atoms. The molecule has 7 heteroatoms. The number of ether oxygens (including phenoxy) is 5. The Morgan fingerprint density at radius 2 is 1.46 bits per heavy atom. The summed E-state index contributed by atoms with van der Waals surface area (Å²) in [6, 6.07) is 28.7. The normalized spacial score (nSPS) is 24.1. The van der Waals surface area contributed by atoms with E-state index in [4.69, 9.17) is 23.7 Å². The molecule has 5 atom stereocenters. The molecule has 5 rings (SSSR count). The van der Waals surface area contributed by atoms with Gasteiger partial charge in [0.1, 0.15) is 24.9 Å². The zero-order valence-corrected chi connectivity index (χ0v) is 22.3. The predicted octanol–water partition coefficient (Wildman–Crippen LogP) is 5.84. The number of rotatable bonds is 10. The van der Waals surface area contributed by atoms with E-state index < -0.39 is 42.5 Å². The molecule has 0 bridgehead atoms. The first-order valence-corrected chi connectivity index (χ1v) is 13.2. The molecule has 0 N–H and O–H groups in total. The third-order valence-electron chi connectivity index (χ3n) is 6.89. The summed E-state index contributed by atoms with van der Waals surface area (Å²) in [6.07, 6.45) is -0.965. The highest BCUT2D eigenvalue weighted by Gasteiger charge is 2.57. The zero-order chi connectivity index (χ0) is 27.2. The molecule has 0 aromatic heterocycles. The van der Waals surface area contributed by atoms with Gasteiger partial charge in [-0.15, -0.1) is 6.58 Å². The Labute approximate surface area is 229 Å². The Morgan fingerprint density at radius 3 is 2.05 bits per heavy atom. The lowest BCUT2D eigenvalue weighted by molar-refractivity contribution is -0.223. The Bertz CT molecular complexity index is 1220. The van der Waals surface area contributed by atoms with Crippen LogP contribution in [0.5, 0.6) is 0 Å². The summed E-state index contributed by atoms with van der Waals surface area (Å²) in [5.74, 6) is -0.809. The van der Waals surface area contributed by atoms with Crippen molar-refractivity contribution in [3.63, 3.8) is 0 Å². The van der Waals surface area contributed by atoms with Gasteiger partial charge in [-0.1, -0.05) is 97.1 Å². The van der Waals surface area contributed by atoms with Crippen molar-refractivity contribution in [1.29, 1.82) is 0 Å². The van der Waals surface area contributed by atoms with E-state index in [1.54, 1.807) is 11.0 Å². The third kappa shape index (κ3) is 6.57. The van der Waals surface area contributed by atoms with Crippen molar-refractivity contribution in [1.82, 2.24) is 4.90 Å². The zero-order valence-electron chi connectivity index (χ0n) is 22.3. The Morgan fingerprint density at radius 1 is 0.897 bits per heavy atom. The first-order chi connectivity index (χ1) is 18.9. The van der Waals surface area contributed by atoms with E-state index in [2.05, 4.69) is 6.58 Å². The van der Waals surface area contributed by atoms with Gasteiger partial charge < -0.3 is 23.7 Å². The lowest BCUT2D eigenvalue weighted by Crippen LogP contribution is -2.51. The maximum Gasteiger partial charge on any atom is 0.410 e. The molecular weight excluding hydrogens is 494 g/mol. The molecule has 2 saturated heterocycles. The smallest absolute Gasteiger partial charge is 0.410 e. The van der Waals surface area contributed by atoms with Gasteiger partial charge >= 0.3 is 6.09 Å². The van der Waals surface area contributed by atoms with Crippen LogP contribution in [-0.2, 0) is 43.4 Å². The van der Waals surface area contributed by atoms with Crippen molar-refractivity contribution in [2.24, 2.45) is 0 Å². The van der Waals surface area contributed by atoms with E-state index in [9.17, 15) is 4.79 Å². The quantitative estimate of drug-likeness (QED) is 0.308. The van der Waals surface area contributed by atoms with E-state index in [0.29, 0.717) is 13.2 Å². The van der Waals surface area contributed by atoms with Crippen molar-refractivity contribution in [2.45, 2.75) is 70.0 Å². The van der Waals surface area contributed by atoms with Gasteiger partial charge in [-0.2, -0.15) is 0 Å². The molecule has 0 unspecified atom stereocenters. The number of hydrogen-bond acceptors (Lipinski definition) is 6. The second kappa shape index (κ2) is 12.1.